The molecule has 12 heteroatoms. The molecule has 0 spiro atoms. The molecule has 0 bridgehead atoms. The van der Waals surface area contributed by atoms with Gasteiger partial charge in [-0.25, -0.2) is 4.79 Å². The van der Waals surface area contributed by atoms with Crippen LogP contribution in [-0.2, 0) is 11.8 Å². The SMILES string of the molecule is COc1cc(-c2cc(O)c(-c3ccc(C4CNC4)nn3)c(OC(=O)C(F)(F)F)c2)cc2cn(C)nc12. The van der Waals surface area contributed by atoms with E-state index in [0.717, 1.165) is 13.1 Å². The van der Waals surface area contributed by atoms with E-state index in [2.05, 4.69) is 20.6 Å². The van der Waals surface area contributed by atoms with Crippen molar-refractivity contribution in [1.29, 1.82) is 0 Å². The quantitative estimate of drug-likeness (QED) is 0.317. The van der Waals surface area contributed by atoms with Gasteiger partial charge in [-0.3, -0.25) is 4.68 Å². The number of rotatable bonds is 5. The fourth-order valence-corrected chi connectivity index (χ4v) is 4.00. The Labute approximate surface area is 202 Å². The molecule has 2 aromatic heterocycles. The van der Waals surface area contributed by atoms with Crippen LogP contribution in [0.3, 0.4) is 0 Å². The number of benzene rings is 2. The van der Waals surface area contributed by atoms with Gasteiger partial charge in [-0.05, 0) is 47.5 Å². The van der Waals surface area contributed by atoms with Gasteiger partial charge in [0.2, 0.25) is 0 Å². The molecule has 4 aromatic rings. The third-order valence-corrected chi connectivity index (χ3v) is 5.90. The summed E-state index contributed by atoms with van der Waals surface area (Å²) in [7, 11) is 3.20. The first-order chi connectivity index (χ1) is 17.1. The number of aromatic nitrogens is 4. The summed E-state index contributed by atoms with van der Waals surface area (Å²) in [5, 5.41) is 27.3. The summed E-state index contributed by atoms with van der Waals surface area (Å²) < 4.78 is 50.9. The number of carbonyl (C=O) groups excluding carboxylic acids is 1. The molecule has 36 heavy (non-hydrogen) atoms. The highest BCUT2D eigenvalue weighted by molar-refractivity contribution is 5.91. The van der Waals surface area contributed by atoms with Crippen molar-refractivity contribution in [1.82, 2.24) is 25.3 Å². The number of phenols is 1. The number of ether oxygens (including phenoxy) is 2. The Hall–Kier alpha value is -4.19. The Morgan fingerprint density at radius 2 is 1.83 bits per heavy atom. The Bertz CT molecular complexity index is 1460. The minimum Gasteiger partial charge on any atom is -0.507 e. The Morgan fingerprint density at radius 1 is 1.11 bits per heavy atom. The average Bonchev–Trinajstić information content (AvgIpc) is 3.17. The summed E-state index contributed by atoms with van der Waals surface area (Å²) in [6.45, 7) is 1.49. The molecule has 0 unspecified atom stereocenters. The van der Waals surface area contributed by atoms with Crippen LogP contribution in [-0.4, -0.2) is 57.4 Å². The highest BCUT2D eigenvalue weighted by Gasteiger charge is 2.42. The van der Waals surface area contributed by atoms with Crippen LogP contribution in [0.15, 0.2) is 42.6 Å². The maximum absolute atomic E-state index is 13.1. The van der Waals surface area contributed by atoms with E-state index in [0.29, 0.717) is 27.9 Å². The van der Waals surface area contributed by atoms with Crippen LogP contribution in [0.4, 0.5) is 13.2 Å². The molecule has 0 saturated carbocycles. The summed E-state index contributed by atoms with van der Waals surface area (Å²) >= 11 is 0. The van der Waals surface area contributed by atoms with E-state index in [1.165, 1.54) is 25.3 Å². The predicted molar refractivity (Wildman–Crippen MR) is 123 cm³/mol. The maximum atomic E-state index is 13.1. The molecule has 0 radical (unpaired) electrons. The fourth-order valence-electron chi connectivity index (χ4n) is 4.00. The van der Waals surface area contributed by atoms with E-state index in [9.17, 15) is 23.1 Å². The molecule has 9 nitrogen and oxygen atoms in total. The van der Waals surface area contributed by atoms with E-state index in [1.54, 1.807) is 36.1 Å². The van der Waals surface area contributed by atoms with Crippen LogP contribution < -0.4 is 14.8 Å². The van der Waals surface area contributed by atoms with Crippen LogP contribution in [0.25, 0.3) is 33.3 Å². The van der Waals surface area contributed by atoms with Gasteiger partial charge in [0.25, 0.3) is 0 Å². The Kier molecular flexibility index (Phi) is 5.75. The number of methoxy groups -OCH3 is 1. The van der Waals surface area contributed by atoms with Gasteiger partial charge in [0, 0.05) is 37.6 Å². The van der Waals surface area contributed by atoms with Crippen molar-refractivity contribution in [2.75, 3.05) is 20.2 Å². The minimum atomic E-state index is -5.24. The lowest BCUT2D eigenvalue weighted by molar-refractivity contribution is -0.189. The number of halogens is 3. The molecule has 1 aliphatic heterocycles. The number of phenolic OH excluding ortho intramolecular Hbond substituents is 1. The van der Waals surface area contributed by atoms with Gasteiger partial charge in [-0.15, -0.1) is 5.10 Å². The number of hydrogen-bond donors (Lipinski definition) is 2. The summed E-state index contributed by atoms with van der Waals surface area (Å²) in [6.07, 6.45) is -3.50. The van der Waals surface area contributed by atoms with Crippen LogP contribution in [0.2, 0.25) is 0 Å². The third kappa shape index (κ3) is 4.31. The Balaban J connectivity index is 1.63. The van der Waals surface area contributed by atoms with E-state index < -0.39 is 23.6 Å². The van der Waals surface area contributed by atoms with Crippen molar-refractivity contribution in [3.05, 3.63) is 48.3 Å². The second kappa shape index (κ2) is 8.79. The number of alkyl halides is 3. The lowest BCUT2D eigenvalue weighted by atomic mass is 9.97. The zero-order chi connectivity index (χ0) is 25.6. The summed E-state index contributed by atoms with van der Waals surface area (Å²) in [4.78, 5) is 11.7. The molecule has 0 amide bonds. The average molecular weight is 499 g/mol. The number of carbonyl (C=O) groups is 1. The zero-order valence-electron chi connectivity index (χ0n) is 19.1. The van der Waals surface area contributed by atoms with E-state index >= 15 is 0 Å². The molecule has 2 aromatic carbocycles. The molecular formula is C24H20F3N5O4. The highest BCUT2D eigenvalue weighted by Crippen LogP contribution is 2.43. The number of aryl methyl sites for hydroxylation is 1. The number of nitrogens with zero attached hydrogens (tertiary/aromatic N) is 4. The van der Waals surface area contributed by atoms with Gasteiger partial charge in [0.1, 0.15) is 28.5 Å². The molecule has 1 saturated heterocycles. The standard InChI is InChI=1S/C24H20F3N5O4/c1-32-11-14-5-12(8-20(35-2)22(14)31-32)13-6-18(33)21(19(7-13)36-23(34)24(25,26)27)17-4-3-16(29-30-17)15-9-28-10-15/h3-8,11,15,28,33H,9-10H2,1-2H3. The number of hydrogen-bond acceptors (Lipinski definition) is 8. The number of aromatic hydroxyl groups is 1. The first-order valence-electron chi connectivity index (χ1n) is 10.9. The normalized spacial score (nSPS) is 14.0. The van der Waals surface area contributed by atoms with Crippen molar-refractivity contribution in [3.8, 4) is 39.6 Å². The smallest absolute Gasteiger partial charge is 0.491 e. The van der Waals surface area contributed by atoms with E-state index in [-0.39, 0.29) is 22.7 Å². The van der Waals surface area contributed by atoms with Gasteiger partial charge in [0.15, 0.2) is 0 Å². The highest BCUT2D eigenvalue weighted by atomic mass is 19.4. The van der Waals surface area contributed by atoms with Crippen LogP contribution >= 0.6 is 0 Å². The Morgan fingerprint density at radius 3 is 2.44 bits per heavy atom. The predicted octanol–water partition coefficient (Wildman–Crippen LogP) is 3.57. The first kappa shape index (κ1) is 23.5. The third-order valence-electron chi connectivity index (χ3n) is 5.90. The molecule has 5 rings (SSSR count). The van der Waals surface area contributed by atoms with Crippen molar-refractivity contribution < 1.29 is 32.5 Å². The molecule has 1 fully saturated rings. The topological polar surface area (TPSA) is 111 Å². The summed E-state index contributed by atoms with van der Waals surface area (Å²) in [5.74, 6) is -2.76. The zero-order valence-corrected chi connectivity index (χ0v) is 19.1. The molecule has 3 heterocycles. The number of esters is 1. The van der Waals surface area contributed by atoms with Gasteiger partial charge in [-0.2, -0.15) is 23.4 Å². The van der Waals surface area contributed by atoms with E-state index in [1.807, 2.05) is 0 Å². The van der Waals surface area contributed by atoms with Gasteiger partial charge in [-0.1, -0.05) is 0 Å². The van der Waals surface area contributed by atoms with Crippen molar-refractivity contribution in [2.45, 2.75) is 12.1 Å². The van der Waals surface area contributed by atoms with Crippen molar-refractivity contribution >= 4 is 16.9 Å². The largest absolute Gasteiger partial charge is 0.507 e. The summed E-state index contributed by atoms with van der Waals surface area (Å²) in [6, 6.07) is 9.14. The molecule has 0 aliphatic carbocycles. The van der Waals surface area contributed by atoms with Crippen LogP contribution in [0, 0.1) is 0 Å². The first-order valence-corrected chi connectivity index (χ1v) is 10.9. The second-order valence-corrected chi connectivity index (χ2v) is 8.37. The number of fused-ring (bicyclic) bond motifs is 1. The summed E-state index contributed by atoms with van der Waals surface area (Å²) in [5.41, 5.74) is 1.95. The lowest BCUT2D eigenvalue weighted by Crippen LogP contribution is -2.40. The molecular weight excluding hydrogens is 479 g/mol. The molecule has 2 N–H and O–H groups in total. The van der Waals surface area contributed by atoms with Crippen LogP contribution in [0.5, 0.6) is 17.2 Å². The van der Waals surface area contributed by atoms with Gasteiger partial charge < -0.3 is 19.9 Å². The van der Waals surface area contributed by atoms with Crippen molar-refractivity contribution in [3.63, 3.8) is 0 Å². The van der Waals surface area contributed by atoms with Gasteiger partial charge in [0.05, 0.1) is 18.4 Å². The monoisotopic (exact) mass is 499 g/mol. The molecule has 1 aliphatic rings. The molecule has 186 valence electrons. The number of nitrogens with one attached hydrogen (secondary N) is 1. The van der Waals surface area contributed by atoms with Crippen molar-refractivity contribution in [2.24, 2.45) is 7.05 Å². The van der Waals surface area contributed by atoms with Crippen LogP contribution in [0.1, 0.15) is 11.6 Å². The van der Waals surface area contributed by atoms with E-state index in [4.69, 9.17) is 9.47 Å². The second-order valence-electron chi connectivity index (χ2n) is 8.37. The maximum Gasteiger partial charge on any atom is 0.491 e. The van der Waals surface area contributed by atoms with Gasteiger partial charge >= 0.3 is 12.1 Å². The minimum absolute atomic E-state index is 0.0559. The lowest BCUT2D eigenvalue weighted by Gasteiger charge is -2.26. The fraction of sp³-hybridized carbons (Fsp3) is 0.250. The molecule has 0 atom stereocenters.